The zero-order chi connectivity index (χ0) is 11.5. The van der Waals surface area contributed by atoms with Gasteiger partial charge in [0, 0.05) is 6.20 Å². The lowest BCUT2D eigenvalue weighted by atomic mass is 10.1. The van der Waals surface area contributed by atoms with E-state index in [2.05, 4.69) is 4.98 Å². The summed E-state index contributed by atoms with van der Waals surface area (Å²) in [6, 6.07) is 7.58. The average molecular weight is 238 g/mol. The van der Waals surface area contributed by atoms with Crippen molar-refractivity contribution < 1.29 is 0 Å². The fourth-order valence-electron chi connectivity index (χ4n) is 1.67. The maximum Gasteiger partial charge on any atom is 0.331 e. The number of H-pyrrole nitrogens is 1. The fourth-order valence-corrected chi connectivity index (χ4v) is 1.89. The molecule has 0 aliphatic heterocycles. The molecule has 0 unspecified atom stereocenters. The average Bonchev–Trinajstić information content (AvgIpc) is 2.60. The molecule has 0 atom stereocenters. The monoisotopic (exact) mass is 237 g/mol. The first-order chi connectivity index (χ1) is 7.74. The van der Waals surface area contributed by atoms with E-state index in [1.165, 1.54) is 10.8 Å². The second kappa shape index (κ2) is 4.55. The van der Waals surface area contributed by atoms with Gasteiger partial charge in [-0.3, -0.25) is 4.57 Å². The van der Waals surface area contributed by atoms with Crippen LogP contribution in [0.5, 0.6) is 0 Å². The maximum atomic E-state index is 11.6. The molecule has 0 amide bonds. The number of rotatable bonds is 3. The van der Waals surface area contributed by atoms with Crippen LogP contribution in [0.3, 0.4) is 0 Å². The van der Waals surface area contributed by atoms with E-state index in [0.717, 1.165) is 11.3 Å². The highest BCUT2D eigenvalue weighted by Gasteiger charge is 2.09. The van der Waals surface area contributed by atoms with Crippen LogP contribution < -0.4 is 11.4 Å². The lowest BCUT2D eigenvalue weighted by Crippen LogP contribution is -2.17. The predicted molar refractivity (Wildman–Crippen MR) is 64.2 cm³/mol. The first kappa shape index (κ1) is 11.0. The minimum Gasteiger partial charge on any atom is -0.330 e. The molecule has 0 spiro atoms. The molecule has 4 nitrogen and oxygen atoms in total. The van der Waals surface area contributed by atoms with Crippen molar-refractivity contribution in [1.29, 1.82) is 0 Å². The molecule has 16 heavy (non-hydrogen) atoms. The van der Waals surface area contributed by atoms with E-state index < -0.39 is 0 Å². The van der Waals surface area contributed by atoms with Gasteiger partial charge in [0.05, 0.1) is 5.69 Å². The van der Waals surface area contributed by atoms with Gasteiger partial charge in [-0.15, -0.1) is 0 Å². The first-order valence-electron chi connectivity index (χ1n) is 4.98. The van der Waals surface area contributed by atoms with Gasteiger partial charge in [0.2, 0.25) is 0 Å². The second-order valence-corrected chi connectivity index (χ2v) is 3.81. The Kier molecular flexibility index (Phi) is 3.12. The van der Waals surface area contributed by atoms with Gasteiger partial charge in [-0.05, 0) is 24.6 Å². The number of aromatic amines is 1. The third kappa shape index (κ3) is 1.89. The molecule has 0 bridgehead atoms. The largest absolute Gasteiger partial charge is 0.331 e. The molecule has 0 radical (unpaired) electrons. The van der Waals surface area contributed by atoms with Gasteiger partial charge >= 0.3 is 5.69 Å². The van der Waals surface area contributed by atoms with Crippen molar-refractivity contribution in [2.24, 2.45) is 5.73 Å². The summed E-state index contributed by atoms with van der Waals surface area (Å²) in [6.45, 7) is 0.536. The number of nitrogens with zero attached hydrogens (tertiary/aromatic N) is 1. The summed E-state index contributed by atoms with van der Waals surface area (Å²) in [7, 11) is 0. The number of hydrogen-bond donors (Lipinski definition) is 2. The van der Waals surface area contributed by atoms with Crippen LogP contribution in [0.2, 0.25) is 5.15 Å². The van der Waals surface area contributed by atoms with Crippen molar-refractivity contribution in [3.8, 4) is 5.69 Å². The van der Waals surface area contributed by atoms with E-state index in [0.29, 0.717) is 18.1 Å². The Bertz CT molecular complexity index is 544. The van der Waals surface area contributed by atoms with Gasteiger partial charge in [-0.25, -0.2) is 4.79 Å². The normalized spacial score (nSPS) is 10.6. The summed E-state index contributed by atoms with van der Waals surface area (Å²) in [6.07, 6.45) is 2.19. The summed E-state index contributed by atoms with van der Waals surface area (Å²) in [5.41, 5.74) is 7.08. The Morgan fingerprint density at radius 3 is 2.75 bits per heavy atom. The summed E-state index contributed by atoms with van der Waals surface area (Å²) >= 11 is 5.95. The lowest BCUT2D eigenvalue weighted by Gasteiger charge is -2.09. The summed E-state index contributed by atoms with van der Waals surface area (Å²) in [4.78, 5) is 14.1. The summed E-state index contributed by atoms with van der Waals surface area (Å²) in [5.74, 6) is 0. The molecule has 3 N–H and O–H groups in total. The Hall–Kier alpha value is -1.52. The van der Waals surface area contributed by atoms with E-state index in [9.17, 15) is 4.79 Å². The minimum atomic E-state index is -0.241. The summed E-state index contributed by atoms with van der Waals surface area (Å²) in [5, 5.41) is 0.370. The molecule has 1 heterocycles. The van der Waals surface area contributed by atoms with Crippen LogP contribution in [0.4, 0.5) is 0 Å². The third-order valence-corrected chi connectivity index (χ3v) is 2.66. The van der Waals surface area contributed by atoms with Crippen LogP contribution in [-0.4, -0.2) is 16.1 Å². The van der Waals surface area contributed by atoms with Crippen LogP contribution in [-0.2, 0) is 6.42 Å². The van der Waals surface area contributed by atoms with E-state index in [1.54, 1.807) is 0 Å². The molecule has 0 aliphatic rings. The third-order valence-electron chi connectivity index (χ3n) is 2.38. The number of halogens is 1. The van der Waals surface area contributed by atoms with E-state index >= 15 is 0 Å². The topological polar surface area (TPSA) is 63.8 Å². The second-order valence-electron chi connectivity index (χ2n) is 3.42. The highest BCUT2D eigenvalue weighted by atomic mass is 35.5. The molecule has 1 aromatic heterocycles. The van der Waals surface area contributed by atoms with Crippen molar-refractivity contribution in [2.75, 3.05) is 6.54 Å². The van der Waals surface area contributed by atoms with Crippen molar-refractivity contribution in [3.63, 3.8) is 0 Å². The van der Waals surface area contributed by atoms with Gasteiger partial charge in [0.25, 0.3) is 0 Å². The number of imidazole rings is 1. The highest BCUT2D eigenvalue weighted by Crippen LogP contribution is 2.17. The molecular weight excluding hydrogens is 226 g/mol. The van der Waals surface area contributed by atoms with Crippen LogP contribution in [0.1, 0.15) is 5.56 Å². The zero-order valence-electron chi connectivity index (χ0n) is 8.61. The van der Waals surface area contributed by atoms with Gasteiger partial charge in [-0.1, -0.05) is 29.8 Å². The minimum absolute atomic E-state index is 0.241. The summed E-state index contributed by atoms with van der Waals surface area (Å²) < 4.78 is 1.44. The smallest absolute Gasteiger partial charge is 0.330 e. The number of para-hydroxylation sites is 1. The number of nitrogens with two attached hydrogens (primary N) is 1. The van der Waals surface area contributed by atoms with E-state index in [-0.39, 0.29) is 5.69 Å². The number of benzene rings is 1. The van der Waals surface area contributed by atoms with Gasteiger partial charge in [0.15, 0.2) is 0 Å². The molecule has 2 aromatic rings. The number of hydrogen-bond acceptors (Lipinski definition) is 2. The zero-order valence-corrected chi connectivity index (χ0v) is 9.37. The molecule has 2 rings (SSSR count). The molecule has 0 fully saturated rings. The highest BCUT2D eigenvalue weighted by molar-refractivity contribution is 6.29. The van der Waals surface area contributed by atoms with Gasteiger partial charge < -0.3 is 10.7 Å². The Balaban J connectivity index is 2.60. The standard InChI is InChI=1S/C11H12ClN3O/c12-10-7-14-11(16)15(10)9-4-2-1-3-8(9)5-6-13/h1-4,7H,5-6,13H2,(H,14,16). The number of aromatic nitrogens is 2. The lowest BCUT2D eigenvalue weighted by molar-refractivity contribution is 0.916. The maximum absolute atomic E-state index is 11.6. The molecule has 0 saturated carbocycles. The van der Waals surface area contributed by atoms with Gasteiger partial charge in [-0.2, -0.15) is 0 Å². The van der Waals surface area contributed by atoms with Crippen LogP contribution in [0.25, 0.3) is 5.69 Å². The van der Waals surface area contributed by atoms with Crippen molar-refractivity contribution >= 4 is 11.6 Å². The Morgan fingerprint density at radius 1 is 1.38 bits per heavy atom. The van der Waals surface area contributed by atoms with Crippen LogP contribution in [0, 0.1) is 0 Å². The number of nitrogens with one attached hydrogen (secondary N) is 1. The fraction of sp³-hybridized carbons (Fsp3) is 0.182. The van der Waals surface area contributed by atoms with Crippen molar-refractivity contribution in [2.45, 2.75) is 6.42 Å². The van der Waals surface area contributed by atoms with E-state index in [4.69, 9.17) is 17.3 Å². The quantitative estimate of drug-likeness (QED) is 0.846. The van der Waals surface area contributed by atoms with E-state index in [1.807, 2.05) is 24.3 Å². The first-order valence-corrected chi connectivity index (χ1v) is 5.36. The molecule has 84 valence electrons. The molecule has 0 saturated heterocycles. The van der Waals surface area contributed by atoms with Crippen LogP contribution in [0.15, 0.2) is 35.3 Å². The van der Waals surface area contributed by atoms with Gasteiger partial charge in [0.1, 0.15) is 5.15 Å². The Labute approximate surface area is 97.7 Å². The molecule has 5 heteroatoms. The van der Waals surface area contributed by atoms with Crippen molar-refractivity contribution in [1.82, 2.24) is 9.55 Å². The Morgan fingerprint density at radius 2 is 2.12 bits per heavy atom. The molecule has 0 aliphatic carbocycles. The molecular formula is C11H12ClN3O. The van der Waals surface area contributed by atoms with Crippen molar-refractivity contribution in [3.05, 3.63) is 51.7 Å². The SMILES string of the molecule is NCCc1ccccc1-n1c(Cl)c[nH]c1=O. The molecule has 1 aromatic carbocycles. The predicted octanol–water partition coefficient (Wildman–Crippen LogP) is 1.32. The van der Waals surface area contributed by atoms with Crippen LogP contribution >= 0.6 is 11.6 Å².